The third kappa shape index (κ3) is 35.0. The topological polar surface area (TPSA) is 138 Å². The fraction of sp³-hybridized carbons (Fsp3) is 0.522. The predicted octanol–water partition coefficient (Wildman–Crippen LogP) is 8.52. The number of hydrogen-bond donors (Lipinski definition) is 2. The van der Waals surface area contributed by atoms with Crippen LogP contribution >= 0.6 is 0 Å². The normalized spacial score (nSPS) is 14.4. The molecule has 0 aromatic heterocycles. The number of hydrogen-bond acceptors (Lipinski definition) is 6. The molecule has 2 N–H and O–H groups in total. The van der Waals surface area contributed by atoms with Gasteiger partial charge in [-0.25, -0.2) is 0 Å². The molecule has 61 heavy (non-hydrogen) atoms. The van der Waals surface area contributed by atoms with E-state index in [1.807, 2.05) is 45.0 Å². The number of rotatable bonds is 10. The van der Waals surface area contributed by atoms with Crippen LogP contribution in [0, 0.1) is 107 Å². The van der Waals surface area contributed by atoms with Gasteiger partial charge < -0.3 is 33.9 Å². The largest absolute Gasteiger partial charge is 2.00 e. The third-order valence-corrected chi connectivity index (χ3v) is 7.64. The van der Waals surface area contributed by atoms with E-state index >= 15 is 0 Å². The molecule has 1 saturated heterocycles. The monoisotopic (exact) mass is 1630 g/mol. The number of aliphatic carboxylic acids is 1. The molecule has 0 bridgehead atoms. The molecule has 3 unspecified atom stereocenters. The second-order valence-corrected chi connectivity index (χ2v) is 16.5. The summed E-state index contributed by atoms with van der Waals surface area (Å²) in [7, 11) is 11.1. The minimum absolute atomic E-state index is 0. The molecule has 3 amide bonds. The van der Waals surface area contributed by atoms with Gasteiger partial charge in [0.15, 0.2) is 0 Å². The van der Waals surface area contributed by atoms with E-state index in [0.717, 1.165) is 22.4 Å². The van der Waals surface area contributed by atoms with Crippen LogP contribution in [0.5, 0.6) is 0 Å². The summed E-state index contributed by atoms with van der Waals surface area (Å²) in [6, 6.07) is 16.4. The van der Waals surface area contributed by atoms with Gasteiger partial charge in [-0.1, -0.05) is 94.7 Å². The molecule has 3 atom stereocenters. The fourth-order valence-corrected chi connectivity index (χ4v) is 4.26. The van der Waals surface area contributed by atoms with E-state index in [0.29, 0.717) is 12.3 Å². The molecule has 334 valence electrons. The van der Waals surface area contributed by atoms with Crippen LogP contribution in [0.1, 0.15) is 140 Å². The van der Waals surface area contributed by atoms with Gasteiger partial charge in [0.1, 0.15) is 15.7 Å². The maximum absolute atomic E-state index is 12.2. The second kappa shape index (κ2) is 36.2. The number of ketones is 2. The van der Waals surface area contributed by atoms with Crippen LogP contribution in [0.3, 0.4) is 0 Å². The molecule has 0 saturated carbocycles. The number of likely N-dealkylation sites (tertiary alicyclic amines) is 1. The van der Waals surface area contributed by atoms with Crippen molar-refractivity contribution in [2.24, 2.45) is 16.7 Å². The molecule has 4 radical (unpaired) electrons. The van der Waals surface area contributed by atoms with Crippen molar-refractivity contribution in [2.75, 3.05) is 0 Å². The number of imide groups is 1. The minimum Gasteiger partial charge on any atom is -0.481 e. The summed E-state index contributed by atoms with van der Waals surface area (Å²) in [5, 5.41) is 10.5. The van der Waals surface area contributed by atoms with E-state index in [9.17, 15) is 28.8 Å². The van der Waals surface area contributed by atoms with Gasteiger partial charge in [0.2, 0.25) is 17.7 Å². The maximum Gasteiger partial charge on any atom is 2.00 e. The Labute approximate surface area is 451 Å². The number of amides is 3. The van der Waals surface area contributed by atoms with Crippen molar-refractivity contribution in [1.82, 2.24) is 10.2 Å². The average molecular weight is 1630 g/mol. The number of carbonyl (C=O) groups excluding carboxylic acids is 5. The minimum atomic E-state index is -1.64. The summed E-state index contributed by atoms with van der Waals surface area (Å²) in [5.74, 6) is -4.18. The molecular formula is C46H72B2N2O7U2W2. The van der Waals surface area contributed by atoms with Crippen molar-refractivity contribution in [1.29, 1.82) is 0 Å². The van der Waals surface area contributed by atoms with E-state index in [4.69, 9.17) is 22.2 Å². The van der Waals surface area contributed by atoms with Crippen molar-refractivity contribution in [3.05, 3.63) is 98.5 Å². The fourth-order valence-electron chi connectivity index (χ4n) is 4.26. The third-order valence-electron chi connectivity index (χ3n) is 7.64. The Morgan fingerprint density at radius 1 is 0.787 bits per heavy atom. The smallest absolute Gasteiger partial charge is 0.481 e. The van der Waals surface area contributed by atoms with Crippen LogP contribution in [0.4, 0.5) is 0 Å². The first-order valence-electron chi connectivity index (χ1n) is 18.9. The molecule has 1 heterocycles. The Morgan fingerprint density at radius 3 is 1.48 bits per heavy atom. The Bertz CT molecular complexity index is 1530. The van der Waals surface area contributed by atoms with Crippen LogP contribution in [0.15, 0.2) is 48.5 Å². The van der Waals surface area contributed by atoms with Gasteiger partial charge in [-0.3, -0.25) is 24.1 Å². The Balaban J connectivity index is -0.0000000993. The van der Waals surface area contributed by atoms with Gasteiger partial charge in [-0.05, 0) is 37.5 Å². The van der Waals surface area contributed by atoms with Crippen LogP contribution in [0.25, 0.3) is 0 Å². The van der Waals surface area contributed by atoms with Crippen molar-refractivity contribution >= 4 is 50.9 Å². The molecule has 3 rings (SSSR count). The summed E-state index contributed by atoms with van der Waals surface area (Å²) in [4.78, 5) is 68.1. The first kappa shape index (κ1) is 74.3. The van der Waals surface area contributed by atoms with E-state index in [2.05, 4.69) is 91.9 Å². The molecule has 1 aliphatic rings. The zero-order valence-electron chi connectivity index (χ0n) is 37.8. The molecule has 2 aromatic carbocycles. The quantitative estimate of drug-likeness (QED) is 0.138. The second-order valence-electron chi connectivity index (χ2n) is 16.5. The molecule has 2 aromatic rings. The van der Waals surface area contributed by atoms with Crippen LogP contribution in [-0.2, 0) is 83.7 Å². The van der Waals surface area contributed by atoms with Crippen molar-refractivity contribution in [3.8, 4) is 0 Å². The molecule has 9 nitrogen and oxygen atoms in total. The Hall–Kier alpha value is -1.05. The summed E-state index contributed by atoms with van der Waals surface area (Å²) in [6.07, 6.45) is 2.84. The number of carboxylic acid groups (broad SMARTS) is 1. The standard InChI is InChI=1S/C12H17BNO3.C10H13.C9H11.C8H11BNO4.C5H12.2CH4.2U.2W/c1-7(15)12(5,13)14-9(16)6-8(10(14)17)11(2,3)4;1-3-4-10-7-5-9(2)6-8-10;1-3-9-6-4-8(2)5-7-9;1-5(11)8(2,9)10-6(12)3-4-7(13)14;1-5(2,3)4;;;;;;/h8H,1,6H2,2-5H3;5-8H,2-4H2,1H3;4-7H,2-3H2,1H3;1,3-4H2,2H3,(H,10,12)(H,13,14);1-4H3;2*1H4;;;;/q4*-1;;;;;;2*+2/i;;1D;;;;;;;;. The van der Waals surface area contributed by atoms with E-state index < -0.39 is 46.1 Å². The number of nitrogens with zero attached hydrogens (tertiary/aromatic N) is 1. The van der Waals surface area contributed by atoms with E-state index in [1.165, 1.54) is 37.8 Å². The summed E-state index contributed by atoms with van der Waals surface area (Å²) in [6.45, 7) is 33.5. The molecule has 1 aliphatic heterocycles. The summed E-state index contributed by atoms with van der Waals surface area (Å²) < 4.78 is 6.98. The number of nitrogens with one attached hydrogen (secondary N) is 1. The Kier molecular flexibility index (Phi) is 44.1. The van der Waals surface area contributed by atoms with Crippen molar-refractivity contribution in [3.63, 3.8) is 0 Å². The molecule has 0 spiro atoms. The first-order chi connectivity index (χ1) is 25.4. The predicted molar refractivity (Wildman–Crippen MR) is 237 cm³/mol. The number of carbonyl (C=O) groups is 6. The van der Waals surface area contributed by atoms with E-state index in [1.54, 1.807) is 0 Å². The number of aryl methyl sites for hydroxylation is 2. The number of benzene rings is 2. The van der Waals surface area contributed by atoms with Gasteiger partial charge in [0, 0.05) is 98.9 Å². The van der Waals surface area contributed by atoms with E-state index in [-0.39, 0.29) is 150 Å². The maximum atomic E-state index is 12.2. The van der Waals surface area contributed by atoms with Gasteiger partial charge in [0.25, 0.3) is 0 Å². The van der Waals surface area contributed by atoms with Gasteiger partial charge in [0.05, 0.1) is 12.3 Å². The van der Waals surface area contributed by atoms with Gasteiger partial charge in [-0.15, -0.1) is 24.3 Å². The zero-order valence-corrected chi connectivity index (χ0v) is 51.0. The van der Waals surface area contributed by atoms with Gasteiger partial charge in [-0.2, -0.15) is 49.2 Å². The molecular weight excluding hydrogens is 1560 g/mol. The molecule has 15 heteroatoms. The number of Topliss-reactive ketones (excluding diaryl/α,β-unsaturated/α-hetero) is 2. The van der Waals surface area contributed by atoms with Crippen LogP contribution in [-0.4, -0.2) is 71.8 Å². The SMILES string of the molecule is C.C.CC(C)(C)C.[2H]CCc1ccc([CH2-])cc1.[B]C(C)(C([CH2-])=O)N1C(=O)CC(C(C)(C)C)C1=O.[B]C(C)(NC(=O)CCC(=O)O)C([CH2-])=O.[CH2-]c1ccc(CCC)cc1.[U].[U].[W+2].[W+2]. The van der Waals surface area contributed by atoms with Crippen LogP contribution in [0.2, 0.25) is 0 Å². The van der Waals surface area contributed by atoms with Gasteiger partial charge >= 0.3 is 48.1 Å². The van der Waals surface area contributed by atoms with Crippen molar-refractivity contribution < 1.29 is 140 Å². The molecule has 0 aliphatic carbocycles. The summed E-state index contributed by atoms with van der Waals surface area (Å²) >= 11 is 0. The Morgan fingerprint density at radius 2 is 1.18 bits per heavy atom. The number of carboxylic acids is 1. The van der Waals surface area contributed by atoms with Crippen molar-refractivity contribution in [2.45, 2.75) is 140 Å². The zero-order chi connectivity index (χ0) is 44.2. The molecule has 1 fully saturated rings. The average Bonchev–Trinajstić information content (AvgIpc) is 3.37. The van der Waals surface area contributed by atoms with Crippen LogP contribution < -0.4 is 5.32 Å². The summed E-state index contributed by atoms with van der Waals surface area (Å²) in [5.41, 5.74) is 1.76. The first-order valence-corrected chi connectivity index (χ1v) is 18.2.